The average Bonchev–Trinajstić information content (AvgIpc) is 2.75. The topological polar surface area (TPSA) is 68.1 Å². The van der Waals surface area contributed by atoms with Gasteiger partial charge in [-0.15, -0.1) is 0 Å². The summed E-state index contributed by atoms with van der Waals surface area (Å²) in [6.45, 7) is 6.83. The van der Waals surface area contributed by atoms with E-state index >= 15 is 0 Å². The Kier molecular flexibility index (Phi) is 3.12. The van der Waals surface area contributed by atoms with Crippen LogP contribution in [-0.2, 0) is 0 Å². The molecule has 17 heavy (non-hydrogen) atoms. The third kappa shape index (κ3) is 2.02. The zero-order chi connectivity index (χ0) is 12.4. The van der Waals surface area contributed by atoms with Gasteiger partial charge in [-0.25, -0.2) is 9.97 Å². The zero-order valence-corrected chi connectivity index (χ0v) is 10.6. The van der Waals surface area contributed by atoms with Crippen molar-refractivity contribution in [1.29, 1.82) is 0 Å². The minimum atomic E-state index is 0.321. The minimum Gasteiger partial charge on any atom is -0.414 e. The lowest BCUT2D eigenvalue weighted by Gasteiger charge is -2.02. The number of hydrogen-bond acceptors (Lipinski definition) is 4. The second-order valence-corrected chi connectivity index (χ2v) is 4.03. The number of aromatic amines is 1. The van der Waals surface area contributed by atoms with Gasteiger partial charge in [0.15, 0.2) is 11.1 Å². The van der Waals surface area contributed by atoms with Crippen LogP contribution in [0.15, 0.2) is 11.3 Å². The van der Waals surface area contributed by atoms with Gasteiger partial charge in [-0.3, -0.25) is 4.99 Å². The molecular weight excluding hydrogens is 218 g/mol. The van der Waals surface area contributed by atoms with Crippen LogP contribution in [0.1, 0.15) is 32.5 Å². The maximum absolute atomic E-state index is 5.18. The maximum atomic E-state index is 5.18. The fourth-order valence-corrected chi connectivity index (χ4v) is 1.60. The molecule has 92 valence electrons. The van der Waals surface area contributed by atoms with Crippen LogP contribution in [-0.4, -0.2) is 33.3 Å². The van der Waals surface area contributed by atoms with Crippen molar-refractivity contribution in [3.63, 3.8) is 0 Å². The Morgan fingerprint density at radius 2 is 2.29 bits per heavy atom. The molecule has 0 aromatic carbocycles. The Bertz CT molecular complexity index is 581. The standard InChI is InChI=1S/C11H17N5O/c1-5-12-10-8-11(16(17-4)6-13-10)15-9(14-8)7(2)3/h6-7H,5H2,1-4H3,(H,14,15). The largest absolute Gasteiger partial charge is 0.414 e. The zero-order valence-electron chi connectivity index (χ0n) is 10.6. The van der Waals surface area contributed by atoms with Crippen molar-refractivity contribution in [3.8, 4) is 0 Å². The molecule has 0 spiro atoms. The van der Waals surface area contributed by atoms with E-state index in [1.165, 1.54) is 4.73 Å². The predicted octanol–water partition coefficient (Wildman–Crippen LogP) is 0.862. The molecule has 0 fully saturated rings. The highest BCUT2D eigenvalue weighted by Gasteiger charge is 2.11. The van der Waals surface area contributed by atoms with E-state index in [1.807, 2.05) is 6.92 Å². The lowest BCUT2D eigenvalue weighted by molar-refractivity contribution is 0.172. The van der Waals surface area contributed by atoms with E-state index in [0.29, 0.717) is 18.0 Å². The summed E-state index contributed by atoms with van der Waals surface area (Å²) in [5.74, 6) is 1.23. The summed E-state index contributed by atoms with van der Waals surface area (Å²) in [5, 5.41) is 0. The first-order chi connectivity index (χ1) is 8.17. The fraction of sp³-hybridized carbons (Fsp3) is 0.545. The summed E-state index contributed by atoms with van der Waals surface area (Å²) >= 11 is 0. The molecular formula is C11H17N5O. The molecule has 0 saturated carbocycles. The molecule has 0 bridgehead atoms. The number of hydrogen-bond donors (Lipinski definition) is 1. The van der Waals surface area contributed by atoms with Gasteiger partial charge in [0.05, 0.1) is 0 Å². The van der Waals surface area contributed by atoms with Gasteiger partial charge in [0.1, 0.15) is 24.8 Å². The molecule has 0 aliphatic rings. The number of nitrogens with one attached hydrogen (secondary N) is 1. The van der Waals surface area contributed by atoms with E-state index in [9.17, 15) is 0 Å². The SMILES string of the molecule is CCN=c1ncn(OC)c2nc(C(C)C)[nH]c12. The van der Waals surface area contributed by atoms with Gasteiger partial charge in [0, 0.05) is 12.5 Å². The molecule has 0 saturated heterocycles. The van der Waals surface area contributed by atoms with Crippen molar-refractivity contribution in [2.45, 2.75) is 26.7 Å². The van der Waals surface area contributed by atoms with Gasteiger partial charge in [-0.2, -0.15) is 4.73 Å². The highest BCUT2D eigenvalue weighted by Crippen LogP contribution is 2.13. The molecule has 6 nitrogen and oxygen atoms in total. The predicted molar refractivity (Wildman–Crippen MR) is 64.6 cm³/mol. The van der Waals surface area contributed by atoms with Crippen LogP contribution in [0, 0.1) is 0 Å². The molecule has 2 aromatic heterocycles. The molecule has 1 N–H and O–H groups in total. The molecule has 0 aliphatic heterocycles. The molecule has 2 rings (SSSR count). The lowest BCUT2D eigenvalue weighted by Crippen LogP contribution is -2.17. The Balaban J connectivity index is 2.77. The van der Waals surface area contributed by atoms with Crippen LogP contribution >= 0.6 is 0 Å². The molecule has 0 atom stereocenters. The third-order valence-corrected chi connectivity index (χ3v) is 2.47. The van der Waals surface area contributed by atoms with Crippen molar-refractivity contribution < 1.29 is 4.84 Å². The van der Waals surface area contributed by atoms with E-state index in [0.717, 1.165) is 17.0 Å². The van der Waals surface area contributed by atoms with Crippen LogP contribution in [0.25, 0.3) is 11.2 Å². The maximum Gasteiger partial charge on any atom is 0.199 e. The number of nitrogens with zero attached hydrogens (tertiary/aromatic N) is 4. The lowest BCUT2D eigenvalue weighted by atomic mass is 10.2. The second-order valence-electron chi connectivity index (χ2n) is 4.03. The van der Waals surface area contributed by atoms with E-state index in [4.69, 9.17) is 4.84 Å². The van der Waals surface area contributed by atoms with Gasteiger partial charge < -0.3 is 9.82 Å². The Morgan fingerprint density at radius 1 is 1.53 bits per heavy atom. The summed E-state index contributed by atoms with van der Waals surface area (Å²) in [4.78, 5) is 21.5. The molecule has 2 aromatic rings. The third-order valence-electron chi connectivity index (χ3n) is 2.47. The molecule has 0 unspecified atom stereocenters. The smallest absolute Gasteiger partial charge is 0.199 e. The number of H-pyrrole nitrogens is 1. The monoisotopic (exact) mass is 235 g/mol. The molecule has 6 heteroatoms. The van der Waals surface area contributed by atoms with Crippen LogP contribution < -0.4 is 10.3 Å². The van der Waals surface area contributed by atoms with Gasteiger partial charge in [0.2, 0.25) is 0 Å². The summed E-state index contributed by atoms with van der Waals surface area (Å²) in [6.07, 6.45) is 1.59. The van der Waals surface area contributed by atoms with Crippen molar-refractivity contribution >= 4 is 11.2 Å². The van der Waals surface area contributed by atoms with Crippen LogP contribution in [0.3, 0.4) is 0 Å². The number of imidazole rings is 1. The summed E-state index contributed by atoms with van der Waals surface area (Å²) < 4.78 is 1.53. The van der Waals surface area contributed by atoms with Crippen LogP contribution in [0.2, 0.25) is 0 Å². The van der Waals surface area contributed by atoms with E-state index in [-0.39, 0.29) is 0 Å². The van der Waals surface area contributed by atoms with Crippen molar-refractivity contribution in [2.75, 3.05) is 13.7 Å². The highest BCUT2D eigenvalue weighted by atomic mass is 16.6. The quantitative estimate of drug-likeness (QED) is 0.858. The normalized spacial score (nSPS) is 12.6. The van der Waals surface area contributed by atoms with Crippen molar-refractivity contribution in [3.05, 3.63) is 17.6 Å². The first-order valence-electron chi connectivity index (χ1n) is 5.69. The van der Waals surface area contributed by atoms with Gasteiger partial charge >= 0.3 is 0 Å². The summed E-state index contributed by atoms with van der Waals surface area (Å²) in [5.41, 5.74) is 2.22. The van der Waals surface area contributed by atoms with Crippen molar-refractivity contribution in [2.24, 2.45) is 4.99 Å². The first-order valence-corrected chi connectivity index (χ1v) is 5.69. The average molecular weight is 235 g/mol. The van der Waals surface area contributed by atoms with Gasteiger partial charge in [0.25, 0.3) is 0 Å². The van der Waals surface area contributed by atoms with Gasteiger partial charge in [-0.1, -0.05) is 13.8 Å². The summed E-state index contributed by atoms with van der Waals surface area (Å²) in [6, 6.07) is 0. The molecule has 0 amide bonds. The molecule has 2 heterocycles. The Labute approximate surface area is 99.3 Å². The number of fused-ring (bicyclic) bond motifs is 1. The Morgan fingerprint density at radius 3 is 2.88 bits per heavy atom. The number of aromatic nitrogens is 4. The molecule has 0 aliphatic carbocycles. The minimum absolute atomic E-state index is 0.321. The van der Waals surface area contributed by atoms with Gasteiger partial charge in [-0.05, 0) is 6.92 Å². The molecule has 0 radical (unpaired) electrons. The van der Waals surface area contributed by atoms with E-state index < -0.39 is 0 Å². The summed E-state index contributed by atoms with van der Waals surface area (Å²) in [7, 11) is 1.58. The van der Waals surface area contributed by atoms with Crippen LogP contribution in [0.5, 0.6) is 0 Å². The van der Waals surface area contributed by atoms with Crippen molar-refractivity contribution in [1.82, 2.24) is 19.7 Å². The van der Waals surface area contributed by atoms with E-state index in [2.05, 4.69) is 33.8 Å². The highest BCUT2D eigenvalue weighted by molar-refractivity contribution is 5.69. The Hall–Kier alpha value is -1.85. The van der Waals surface area contributed by atoms with Crippen LogP contribution in [0.4, 0.5) is 0 Å². The first kappa shape index (κ1) is 11.6. The number of rotatable bonds is 3. The van der Waals surface area contributed by atoms with E-state index in [1.54, 1.807) is 13.4 Å². The second kappa shape index (κ2) is 4.57. The fourth-order valence-electron chi connectivity index (χ4n) is 1.60.